The van der Waals surface area contributed by atoms with Crippen LogP contribution < -0.4 is 0 Å². The second kappa shape index (κ2) is 9.84. The molecular formula is C26H30FN7O3S. The van der Waals surface area contributed by atoms with E-state index in [2.05, 4.69) is 32.3 Å². The number of ether oxygens (including phenoxy) is 1. The average molecular weight is 540 g/mol. The van der Waals surface area contributed by atoms with E-state index in [0.29, 0.717) is 25.6 Å². The summed E-state index contributed by atoms with van der Waals surface area (Å²) in [6.45, 7) is 5.68. The fourth-order valence-electron chi connectivity index (χ4n) is 5.51. The van der Waals surface area contributed by atoms with Crippen LogP contribution in [0.15, 0.2) is 53.8 Å². The van der Waals surface area contributed by atoms with E-state index in [1.807, 2.05) is 6.92 Å². The Labute approximate surface area is 220 Å². The Balaban J connectivity index is 1.37. The molecule has 2 aromatic heterocycles. The summed E-state index contributed by atoms with van der Waals surface area (Å²) in [5, 5.41) is 13.5. The highest BCUT2D eigenvalue weighted by Crippen LogP contribution is 2.34. The van der Waals surface area contributed by atoms with Gasteiger partial charge in [-0.2, -0.15) is 19.3 Å². The Bertz CT molecular complexity index is 1560. The van der Waals surface area contributed by atoms with Crippen molar-refractivity contribution in [3.63, 3.8) is 0 Å². The van der Waals surface area contributed by atoms with E-state index < -0.39 is 10.0 Å². The van der Waals surface area contributed by atoms with Crippen LogP contribution in [-0.4, -0.2) is 81.8 Å². The first-order valence-electron chi connectivity index (χ1n) is 12.7. The van der Waals surface area contributed by atoms with Crippen LogP contribution in [0.3, 0.4) is 0 Å². The molecular weight excluding hydrogens is 509 g/mol. The van der Waals surface area contributed by atoms with Crippen LogP contribution in [0.5, 0.6) is 0 Å². The Kier molecular flexibility index (Phi) is 6.50. The SMILES string of the molecule is Cc1cc2c(cnn2-c2ccc(F)cc2)cc1C1CN(S(=O)(=O)c2cnn(C)n2)CCN1CC1CCOC1. The number of halogens is 1. The zero-order valence-corrected chi connectivity index (χ0v) is 22.2. The Morgan fingerprint density at radius 2 is 1.92 bits per heavy atom. The molecule has 2 aromatic carbocycles. The Morgan fingerprint density at radius 1 is 1.11 bits per heavy atom. The van der Waals surface area contributed by atoms with Gasteiger partial charge in [-0.15, -0.1) is 5.10 Å². The van der Waals surface area contributed by atoms with Gasteiger partial charge in [-0.3, -0.25) is 4.90 Å². The van der Waals surface area contributed by atoms with Gasteiger partial charge in [-0.1, -0.05) is 0 Å². The summed E-state index contributed by atoms with van der Waals surface area (Å²) in [7, 11) is -2.18. The Morgan fingerprint density at radius 3 is 2.63 bits per heavy atom. The highest BCUT2D eigenvalue weighted by molar-refractivity contribution is 7.89. The molecule has 0 bridgehead atoms. The smallest absolute Gasteiger partial charge is 0.264 e. The van der Waals surface area contributed by atoms with E-state index >= 15 is 0 Å². The van der Waals surface area contributed by atoms with Crippen molar-refractivity contribution in [1.29, 1.82) is 0 Å². The topological polar surface area (TPSA) is 98.4 Å². The van der Waals surface area contributed by atoms with Gasteiger partial charge in [-0.05, 0) is 66.8 Å². The number of benzene rings is 2. The van der Waals surface area contributed by atoms with Crippen molar-refractivity contribution in [1.82, 2.24) is 34.0 Å². The summed E-state index contributed by atoms with van der Waals surface area (Å²) in [6.07, 6.45) is 4.11. The van der Waals surface area contributed by atoms with Crippen molar-refractivity contribution in [3.8, 4) is 5.69 Å². The average Bonchev–Trinajstić information content (AvgIpc) is 3.66. The molecule has 2 unspecified atom stereocenters. The molecule has 0 N–H and O–H groups in total. The molecule has 10 nitrogen and oxygen atoms in total. The van der Waals surface area contributed by atoms with E-state index in [-0.39, 0.29) is 16.9 Å². The summed E-state index contributed by atoms with van der Waals surface area (Å²) in [5.41, 5.74) is 3.79. The molecule has 0 saturated carbocycles. The van der Waals surface area contributed by atoms with Crippen molar-refractivity contribution in [2.45, 2.75) is 24.4 Å². The summed E-state index contributed by atoms with van der Waals surface area (Å²) in [6, 6.07) is 10.3. The van der Waals surface area contributed by atoms with Crippen molar-refractivity contribution < 1.29 is 17.5 Å². The first kappa shape index (κ1) is 25.1. The van der Waals surface area contributed by atoms with E-state index in [4.69, 9.17) is 4.74 Å². The fourth-order valence-corrected chi connectivity index (χ4v) is 6.83. The first-order valence-corrected chi connectivity index (χ1v) is 14.2. The summed E-state index contributed by atoms with van der Waals surface area (Å²) < 4.78 is 49.3. The normalized spacial score (nSPS) is 21.4. The van der Waals surface area contributed by atoms with E-state index in [9.17, 15) is 12.8 Å². The molecule has 2 aliphatic heterocycles. The summed E-state index contributed by atoms with van der Waals surface area (Å²) >= 11 is 0. The molecule has 4 heterocycles. The minimum Gasteiger partial charge on any atom is -0.381 e. The number of aryl methyl sites for hydroxylation is 2. The lowest BCUT2D eigenvalue weighted by Crippen LogP contribution is -2.51. The number of fused-ring (bicyclic) bond motifs is 1. The quantitative estimate of drug-likeness (QED) is 0.372. The largest absolute Gasteiger partial charge is 0.381 e. The molecule has 2 fully saturated rings. The molecule has 0 spiro atoms. The second-order valence-electron chi connectivity index (χ2n) is 10.1. The van der Waals surface area contributed by atoms with Gasteiger partial charge in [0, 0.05) is 51.3 Å². The maximum Gasteiger partial charge on any atom is 0.264 e. The molecule has 0 aliphatic carbocycles. The molecule has 4 aromatic rings. The van der Waals surface area contributed by atoms with Crippen molar-refractivity contribution in [2.24, 2.45) is 13.0 Å². The zero-order chi connectivity index (χ0) is 26.4. The van der Waals surface area contributed by atoms with Gasteiger partial charge in [-0.25, -0.2) is 17.5 Å². The van der Waals surface area contributed by atoms with Crippen molar-refractivity contribution >= 4 is 20.9 Å². The minimum atomic E-state index is -3.78. The molecule has 2 saturated heterocycles. The maximum atomic E-state index is 13.5. The second-order valence-corrected chi connectivity index (χ2v) is 12.0. The molecule has 2 atom stereocenters. The number of aromatic nitrogens is 5. The van der Waals surface area contributed by atoms with Crippen LogP contribution in [0.25, 0.3) is 16.6 Å². The van der Waals surface area contributed by atoms with Crippen LogP contribution in [0.2, 0.25) is 0 Å². The Hall–Kier alpha value is -3.19. The van der Waals surface area contributed by atoms with Gasteiger partial charge in [0.25, 0.3) is 10.0 Å². The van der Waals surface area contributed by atoms with Crippen LogP contribution in [-0.2, 0) is 21.8 Å². The first-order chi connectivity index (χ1) is 18.3. The molecule has 12 heteroatoms. The zero-order valence-electron chi connectivity index (χ0n) is 21.4. The highest BCUT2D eigenvalue weighted by Gasteiger charge is 2.38. The summed E-state index contributed by atoms with van der Waals surface area (Å²) in [4.78, 5) is 3.65. The van der Waals surface area contributed by atoms with Gasteiger partial charge in [0.2, 0.25) is 5.03 Å². The number of sulfonamides is 1. The third kappa shape index (κ3) is 4.62. The third-order valence-electron chi connectivity index (χ3n) is 7.54. The number of piperazine rings is 1. The number of hydrogen-bond acceptors (Lipinski definition) is 7. The van der Waals surface area contributed by atoms with Gasteiger partial charge in [0.1, 0.15) is 5.82 Å². The van der Waals surface area contributed by atoms with E-state index in [1.165, 1.54) is 27.4 Å². The number of hydrogen-bond donors (Lipinski definition) is 0. The van der Waals surface area contributed by atoms with Gasteiger partial charge >= 0.3 is 0 Å². The highest BCUT2D eigenvalue weighted by atomic mass is 32.2. The lowest BCUT2D eigenvalue weighted by atomic mass is 9.95. The predicted molar refractivity (Wildman–Crippen MR) is 139 cm³/mol. The molecule has 200 valence electrons. The van der Waals surface area contributed by atoms with Gasteiger partial charge < -0.3 is 4.74 Å². The molecule has 0 radical (unpaired) electrons. The van der Waals surface area contributed by atoms with Gasteiger partial charge in [0.15, 0.2) is 0 Å². The van der Waals surface area contributed by atoms with Crippen molar-refractivity contribution in [2.75, 3.05) is 39.4 Å². The fraction of sp³-hybridized carbons (Fsp3) is 0.423. The van der Waals surface area contributed by atoms with Crippen LogP contribution in [0.4, 0.5) is 4.39 Å². The molecule has 38 heavy (non-hydrogen) atoms. The lowest BCUT2D eigenvalue weighted by Gasteiger charge is -2.42. The van der Waals surface area contributed by atoms with Crippen LogP contribution in [0, 0.1) is 18.7 Å². The van der Waals surface area contributed by atoms with E-state index in [0.717, 1.165) is 53.9 Å². The monoisotopic (exact) mass is 539 g/mol. The molecule has 0 amide bonds. The minimum absolute atomic E-state index is 0.0378. The van der Waals surface area contributed by atoms with E-state index in [1.54, 1.807) is 30.1 Å². The number of rotatable bonds is 6. The lowest BCUT2D eigenvalue weighted by molar-refractivity contribution is 0.0928. The van der Waals surface area contributed by atoms with Gasteiger partial charge in [0.05, 0.1) is 30.2 Å². The van der Waals surface area contributed by atoms with Crippen molar-refractivity contribution in [3.05, 3.63) is 65.7 Å². The van der Waals surface area contributed by atoms with Crippen LogP contribution in [0.1, 0.15) is 23.6 Å². The maximum absolute atomic E-state index is 13.5. The molecule has 6 rings (SSSR count). The third-order valence-corrected chi connectivity index (χ3v) is 9.27. The summed E-state index contributed by atoms with van der Waals surface area (Å²) in [5.74, 6) is 0.126. The molecule has 2 aliphatic rings. The predicted octanol–water partition coefficient (Wildman–Crippen LogP) is 2.69. The number of nitrogens with zero attached hydrogens (tertiary/aromatic N) is 7. The standard InChI is InChI=1S/C26H30FN7O3S/c1-18-11-24-20(13-29-34(24)22-5-3-21(27)4-6-22)12-23(18)25-16-33(38(35,36)26-14-28-31(2)30-26)9-8-32(25)15-19-7-10-37-17-19/h3-6,11-14,19,25H,7-10,15-17H2,1-2H3. The van der Waals surface area contributed by atoms with Crippen LogP contribution >= 0.6 is 0 Å².